The minimum absolute atomic E-state index is 0.410. The molecule has 0 aliphatic rings. The van der Waals surface area contributed by atoms with E-state index in [1.807, 2.05) is 25.1 Å². The molecule has 0 saturated carbocycles. The molecule has 0 spiro atoms. The highest BCUT2D eigenvalue weighted by Crippen LogP contribution is 2.21. The number of methoxy groups -OCH3 is 1. The summed E-state index contributed by atoms with van der Waals surface area (Å²) in [6.07, 6.45) is 11.0. The van der Waals surface area contributed by atoms with Crippen molar-refractivity contribution in [2.24, 2.45) is 0 Å². The molecular weight excluding hydrogens is 360 g/mol. The molecule has 0 fully saturated rings. The number of benzene rings is 1. The third-order valence-electron chi connectivity index (χ3n) is 4.26. The molecule has 0 heterocycles. The van der Waals surface area contributed by atoms with Gasteiger partial charge in [-0.1, -0.05) is 62.8 Å². The first-order valence-corrected chi connectivity index (χ1v) is 10.8. The Bertz CT molecular complexity index is 647. The van der Waals surface area contributed by atoms with Crippen LogP contribution < -0.4 is 0 Å². The van der Waals surface area contributed by atoms with Crippen LogP contribution in [0.15, 0.2) is 52.3 Å². The lowest BCUT2D eigenvalue weighted by molar-refractivity contribution is -0.134. The Balaban J connectivity index is 2.83. The van der Waals surface area contributed by atoms with Crippen molar-refractivity contribution in [1.82, 2.24) is 0 Å². The fourth-order valence-corrected chi connectivity index (χ4v) is 3.83. The summed E-state index contributed by atoms with van der Waals surface area (Å²) >= 11 is 0. The lowest BCUT2D eigenvalue weighted by atomic mass is 10.1. The van der Waals surface area contributed by atoms with E-state index < -0.39 is 22.9 Å². The maximum absolute atomic E-state index is 12.9. The number of unbranched alkanes of at least 4 members (excludes halogenated alkanes) is 6. The van der Waals surface area contributed by atoms with Gasteiger partial charge in [0.1, 0.15) is 6.10 Å². The van der Waals surface area contributed by atoms with E-state index in [2.05, 4.69) is 11.7 Å². The monoisotopic (exact) mass is 392 g/mol. The molecule has 27 heavy (non-hydrogen) atoms. The Morgan fingerprint density at radius 2 is 1.78 bits per heavy atom. The molecule has 0 aliphatic carbocycles. The Kier molecular flexibility index (Phi) is 11.6. The molecule has 0 amide bonds. The molecule has 2 unspecified atom stereocenters. The highest BCUT2D eigenvalue weighted by molar-refractivity contribution is 7.89. The van der Waals surface area contributed by atoms with Crippen LogP contribution in [0.3, 0.4) is 0 Å². The van der Waals surface area contributed by atoms with Gasteiger partial charge in [0.15, 0.2) is 0 Å². The fourth-order valence-electron chi connectivity index (χ4n) is 2.61. The van der Waals surface area contributed by atoms with E-state index in [1.165, 1.54) is 38.9 Å². The van der Waals surface area contributed by atoms with Crippen molar-refractivity contribution >= 4 is 16.8 Å². The van der Waals surface area contributed by atoms with Gasteiger partial charge in [-0.15, -0.1) is 0 Å². The van der Waals surface area contributed by atoms with Crippen molar-refractivity contribution < 1.29 is 18.8 Å². The lowest BCUT2D eigenvalue weighted by Crippen LogP contribution is -2.13. The summed E-state index contributed by atoms with van der Waals surface area (Å²) in [5.74, 6) is -0.551. The maximum atomic E-state index is 12.9. The van der Waals surface area contributed by atoms with Gasteiger partial charge in [0, 0.05) is 15.9 Å². The summed E-state index contributed by atoms with van der Waals surface area (Å²) < 4.78 is 17.5. The molecule has 4 nitrogen and oxygen atoms in total. The van der Waals surface area contributed by atoms with Crippen LogP contribution in [0.2, 0.25) is 0 Å². The summed E-state index contributed by atoms with van der Waals surface area (Å²) in [5.41, 5.74) is 1.08. The van der Waals surface area contributed by atoms with E-state index >= 15 is 0 Å². The lowest BCUT2D eigenvalue weighted by Gasteiger charge is -2.12. The van der Waals surface area contributed by atoms with Gasteiger partial charge in [-0.05, 0) is 38.0 Å². The zero-order valence-electron chi connectivity index (χ0n) is 16.6. The molecule has 0 bridgehead atoms. The number of carbonyl (C=O) groups excluding carboxylic acids is 1. The number of aliphatic hydroxyl groups is 1. The zero-order valence-corrected chi connectivity index (χ0v) is 17.5. The second-order valence-corrected chi connectivity index (χ2v) is 8.05. The molecule has 1 rings (SSSR count). The largest absolute Gasteiger partial charge is 0.466 e. The third-order valence-corrected chi connectivity index (χ3v) is 5.80. The predicted octanol–water partition coefficient (Wildman–Crippen LogP) is 4.83. The van der Waals surface area contributed by atoms with Gasteiger partial charge < -0.3 is 9.84 Å². The average Bonchev–Trinajstić information content (AvgIpc) is 2.68. The number of ether oxygens (including phenoxy) is 1. The topological polar surface area (TPSA) is 63.6 Å². The van der Waals surface area contributed by atoms with Crippen LogP contribution in [-0.2, 0) is 20.3 Å². The summed E-state index contributed by atoms with van der Waals surface area (Å²) in [4.78, 5) is 12.3. The van der Waals surface area contributed by atoms with E-state index in [0.717, 1.165) is 30.9 Å². The number of aryl methyl sites for hydroxylation is 1. The Hall–Kier alpha value is -1.72. The summed E-state index contributed by atoms with van der Waals surface area (Å²) in [6.45, 7) is 4.16. The standard InChI is InChI=1S/C22H32O4S/c1-4-5-6-7-8-9-10-11-21(20(23)16-17-22(24)26-3)27(25)19-14-12-18(2)13-15-19/h11-17,20,23H,4-10H2,1-3H3/b17-16+,21-11+. The van der Waals surface area contributed by atoms with Gasteiger partial charge >= 0.3 is 5.97 Å². The Labute approximate surface area is 165 Å². The van der Waals surface area contributed by atoms with Gasteiger partial charge in [-0.2, -0.15) is 0 Å². The SMILES string of the molecule is CCCCCCCC/C=C(\C(O)/C=C/C(=O)OC)S(=O)c1ccc(C)cc1. The third kappa shape index (κ3) is 9.16. The van der Waals surface area contributed by atoms with Gasteiger partial charge in [0.2, 0.25) is 0 Å². The molecular formula is C22H32O4S. The van der Waals surface area contributed by atoms with Crippen molar-refractivity contribution in [3.8, 4) is 0 Å². The van der Waals surface area contributed by atoms with E-state index in [4.69, 9.17) is 0 Å². The van der Waals surface area contributed by atoms with E-state index in [1.54, 1.807) is 12.1 Å². The molecule has 0 aliphatic heterocycles. The first-order valence-electron chi connectivity index (χ1n) is 9.62. The van der Waals surface area contributed by atoms with Gasteiger partial charge in [-0.3, -0.25) is 0 Å². The highest BCUT2D eigenvalue weighted by atomic mass is 32.2. The van der Waals surface area contributed by atoms with Crippen LogP contribution in [0, 0.1) is 6.92 Å². The van der Waals surface area contributed by atoms with Gasteiger partial charge in [0.05, 0.1) is 17.9 Å². The van der Waals surface area contributed by atoms with Crippen LogP contribution >= 0.6 is 0 Å². The Morgan fingerprint density at radius 1 is 1.15 bits per heavy atom. The summed E-state index contributed by atoms with van der Waals surface area (Å²) in [5, 5.41) is 10.5. The van der Waals surface area contributed by atoms with Crippen molar-refractivity contribution in [3.05, 3.63) is 53.0 Å². The number of hydrogen-bond acceptors (Lipinski definition) is 4. The van der Waals surface area contributed by atoms with Gasteiger partial charge in [-0.25, -0.2) is 9.00 Å². The first kappa shape index (κ1) is 23.3. The van der Waals surface area contributed by atoms with Gasteiger partial charge in [0.25, 0.3) is 0 Å². The smallest absolute Gasteiger partial charge is 0.330 e. The fraction of sp³-hybridized carbons (Fsp3) is 0.500. The maximum Gasteiger partial charge on any atom is 0.330 e. The van der Waals surface area contributed by atoms with Crippen molar-refractivity contribution in [3.63, 3.8) is 0 Å². The van der Waals surface area contributed by atoms with Crippen LogP contribution in [0.25, 0.3) is 0 Å². The molecule has 1 N–H and O–H groups in total. The molecule has 2 atom stereocenters. The normalized spacial score (nSPS) is 14.3. The van der Waals surface area contributed by atoms with Crippen LogP contribution in [0.1, 0.15) is 57.4 Å². The van der Waals surface area contributed by atoms with E-state index in [-0.39, 0.29) is 0 Å². The number of carbonyl (C=O) groups is 1. The molecule has 0 saturated heterocycles. The van der Waals surface area contributed by atoms with E-state index in [9.17, 15) is 14.1 Å². The summed E-state index contributed by atoms with van der Waals surface area (Å²) in [6, 6.07) is 7.41. The minimum atomic E-state index is -1.48. The minimum Gasteiger partial charge on any atom is -0.466 e. The number of allylic oxidation sites excluding steroid dienone is 1. The van der Waals surface area contributed by atoms with Crippen LogP contribution in [0.4, 0.5) is 0 Å². The Morgan fingerprint density at radius 3 is 2.41 bits per heavy atom. The van der Waals surface area contributed by atoms with Crippen molar-refractivity contribution in [2.45, 2.75) is 69.8 Å². The number of aliphatic hydroxyl groups excluding tert-OH is 1. The number of rotatable bonds is 12. The highest BCUT2D eigenvalue weighted by Gasteiger charge is 2.17. The quantitative estimate of drug-likeness (QED) is 0.314. The molecule has 5 heteroatoms. The molecule has 1 aromatic rings. The van der Waals surface area contributed by atoms with Crippen LogP contribution in [0.5, 0.6) is 0 Å². The van der Waals surface area contributed by atoms with Crippen LogP contribution in [-0.4, -0.2) is 28.5 Å². The summed E-state index contributed by atoms with van der Waals surface area (Å²) in [7, 11) is -0.202. The second-order valence-electron chi connectivity index (χ2n) is 6.57. The molecule has 1 aromatic carbocycles. The zero-order chi connectivity index (χ0) is 20.1. The number of esters is 1. The second kappa shape index (κ2) is 13.4. The molecule has 150 valence electrons. The number of hydrogen-bond donors (Lipinski definition) is 1. The molecule has 0 aromatic heterocycles. The van der Waals surface area contributed by atoms with Crippen molar-refractivity contribution in [1.29, 1.82) is 0 Å². The molecule has 0 radical (unpaired) electrons. The average molecular weight is 393 g/mol. The van der Waals surface area contributed by atoms with Crippen molar-refractivity contribution in [2.75, 3.05) is 7.11 Å². The first-order chi connectivity index (χ1) is 13.0. The predicted molar refractivity (Wildman–Crippen MR) is 111 cm³/mol. The van der Waals surface area contributed by atoms with E-state index in [0.29, 0.717) is 9.80 Å².